The third kappa shape index (κ3) is 4.27. The summed E-state index contributed by atoms with van der Waals surface area (Å²) in [5.41, 5.74) is 2.09. The number of pyridine rings is 2. The minimum atomic E-state index is -0.0519. The van der Waals surface area contributed by atoms with E-state index < -0.39 is 0 Å². The zero-order valence-electron chi connectivity index (χ0n) is 16.0. The number of aromatic nitrogens is 2. The second-order valence-corrected chi connectivity index (χ2v) is 6.56. The number of para-hydroxylation sites is 1. The summed E-state index contributed by atoms with van der Waals surface area (Å²) >= 11 is 0. The molecule has 0 aliphatic rings. The smallest absolute Gasteiger partial charge is 0.260 e. The number of benzene rings is 1. The average Bonchev–Trinajstić information content (AvgIpc) is 2.71. The quantitative estimate of drug-likeness (QED) is 0.408. The van der Waals surface area contributed by atoms with Crippen molar-refractivity contribution in [3.8, 4) is 16.9 Å². The van der Waals surface area contributed by atoms with Crippen molar-refractivity contribution in [2.24, 2.45) is 0 Å². The lowest BCUT2D eigenvalue weighted by Gasteiger charge is -2.13. The van der Waals surface area contributed by atoms with Crippen molar-refractivity contribution in [1.29, 1.82) is 0 Å². The zero-order valence-corrected chi connectivity index (χ0v) is 16.0. The standard InChI is InChI=1S/C23H26N2O2/c1-3-4-5-6-7-10-16-25-22-18(12-11-15-24-22)17-20(23(25)26)19-13-8-9-14-21(19)27-2/h7-15,17H,3-6,16H2,1-2H3. The fraction of sp³-hybridized carbons (Fsp3) is 0.304. The summed E-state index contributed by atoms with van der Waals surface area (Å²) in [6, 6.07) is 13.4. The van der Waals surface area contributed by atoms with Gasteiger partial charge in [-0.3, -0.25) is 9.36 Å². The Kier molecular flexibility index (Phi) is 6.42. The van der Waals surface area contributed by atoms with E-state index in [0.717, 1.165) is 17.4 Å². The summed E-state index contributed by atoms with van der Waals surface area (Å²) in [6.07, 6.45) is 10.6. The Morgan fingerprint density at radius 3 is 2.74 bits per heavy atom. The molecule has 0 fully saturated rings. The van der Waals surface area contributed by atoms with Crippen LogP contribution in [0.25, 0.3) is 22.2 Å². The maximum Gasteiger partial charge on any atom is 0.260 e. The molecule has 2 heterocycles. The fourth-order valence-corrected chi connectivity index (χ4v) is 3.25. The monoisotopic (exact) mass is 362 g/mol. The van der Waals surface area contributed by atoms with Crippen molar-refractivity contribution >= 4 is 11.0 Å². The first-order chi connectivity index (χ1) is 13.3. The van der Waals surface area contributed by atoms with E-state index in [1.54, 1.807) is 17.9 Å². The van der Waals surface area contributed by atoms with Crippen LogP contribution in [-0.2, 0) is 6.54 Å². The maximum absolute atomic E-state index is 13.3. The molecule has 27 heavy (non-hydrogen) atoms. The third-order valence-corrected chi connectivity index (χ3v) is 4.67. The number of rotatable bonds is 8. The number of hydrogen-bond acceptors (Lipinski definition) is 3. The molecule has 0 aliphatic carbocycles. The van der Waals surface area contributed by atoms with Crippen LogP contribution in [0.2, 0.25) is 0 Å². The Morgan fingerprint density at radius 1 is 1.07 bits per heavy atom. The predicted octanol–water partition coefficient (Wildman–Crippen LogP) is 5.21. The van der Waals surface area contributed by atoms with Gasteiger partial charge in [-0.2, -0.15) is 0 Å². The van der Waals surface area contributed by atoms with Gasteiger partial charge in [0.1, 0.15) is 11.4 Å². The topological polar surface area (TPSA) is 44.1 Å². The van der Waals surface area contributed by atoms with Gasteiger partial charge in [-0.15, -0.1) is 0 Å². The summed E-state index contributed by atoms with van der Waals surface area (Å²) < 4.78 is 7.21. The van der Waals surface area contributed by atoms with Gasteiger partial charge in [0.2, 0.25) is 0 Å². The van der Waals surface area contributed by atoms with Crippen LogP contribution < -0.4 is 10.3 Å². The van der Waals surface area contributed by atoms with E-state index in [1.165, 1.54) is 19.3 Å². The molecule has 4 nitrogen and oxygen atoms in total. The van der Waals surface area contributed by atoms with Gasteiger partial charge in [0.25, 0.3) is 5.56 Å². The van der Waals surface area contributed by atoms with Gasteiger partial charge in [-0.1, -0.05) is 50.1 Å². The van der Waals surface area contributed by atoms with Crippen LogP contribution in [0, 0.1) is 0 Å². The number of hydrogen-bond donors (Lipinski definition) is 0. The molecular weight excluding hydrogens is 336 g/mol. The molecule has 0 spiro atoms. The number of fused-ring (bicyclic) bond motifs is 1. The third-order valence-electron chi connectivity index (χ3n) is 4.67. The molecule has 0 saturated carbocycles. The lowest BCUT2D eigenvalue weighted by molar-refractivity contribution is 0.416. The summed E-state index contributed by atoms with van der Waals surface area (Å²) in [5.74, 6) is 0.694. The molecular formula is C23H26N2O2. The SMILES string of the molecule is CCCCCC=CCn1c(=O)c(-c2ccccc2OC)cc2cccnc21. The van der Waals surface area contributed by atoms with Crippen LogP contribution in [0.1, 0.15) is 32.6 Å². The highest BCUT2D eigenvalue weighted by molar-refractivity contribution is 5.82. The first-order valence-electron chi connectivity index (χ1n) is 9.53. The Bertz CT molecular complexity index is 989. The Morgan fingerprint density at radius 2 is 1.93 bits per heavy atom. The molecule has 3 aromatic rings. The van der Waals surface area contributed by atoms with E-state index in [4.69, 9.17) is 4.74 Å². The van der Waals surface area contributed by atoms with Gasteiger partial charge < -0.3 is 4.74 Å². The molecule has 3 rings (SSSR count). The van der Waals surface area contributed by atoms with E-state index in [-0.39, 0.29) is 5.56 Å². The van der Waals surface area contributed by atoms with Crippen molar-refractivity contribution in [3.63, 3.8) is 0 Å². The van der Waals surface area contributed by atoms with Crippen LogP contribution in [-0.4, -0.2) is 16.7 Å². The molecule has 0 unspecified atom stereocenters. The number of unbranched alkanes of at least 4 members (excludes halogenated alkanes) is 3. The molecule has 0 N–H and O–H groups in total. The Labute approximate surface area is 160 Å². The van der Waals surface area contributed by atoms with Gasteiger partial charge in [-0.05, 0) is 37.1 Å². The number of allylic oxidation sites excluding steroid dienone is 2. The van der Waals surface area contributed by atoms with Crippen LogP contribution >= 0.6 is 0 Å². The van der Waals surface area contributed by atoms with E-state index in [1.807, 2.05) is 42.5 Å². The minimum absolute atomic E-state index is 0.0519. The molecule has 0 atom stereocenters. The number of methoxy groups -OCH3 is 1. The molecule has 1 aromatic carbocycles. The van der Waals surface area contributed by atoms with E-state index in [2.05, 4.69) is 24.1 Å². The van der Waals surface area contributed by atoms with Gasteiger partial charge in [-0.25, -0.2) is 4.98 Å². The minimum Gasteiger partial charge on any atom is -0.496 e. The highest BCUT2D eigenvalue weighted by Crippen LogP contribution is 2.28. The van der Waals surface area contributed by atoms with Gasteiger partial charge >= 0.3 is 0 Å². The van der Waals surface area contributed by atoms with Gasteiger partial charge in [0, 0.05) is 23.7 Å². The molecule has 0 saturated heterocycles. The second kappa shape index (κ2) is 9.17. The maximum atomic E-state index is 13.3. The van der Waals surface area contributed by atoms with Crippen molar-refractivity contribution in [1.82, 2.24) is 9.55 Å². The van der Waals surface area contributed by atoms with E-state index >= 15 is 0 Å². The fourth-order valence-electron chi connectivity index (χ4n) is 3.25. The van der Waals surface area contributed by atoms with E-state index in [9.17, 15) is 4.79 Å². The van der Waals surface area contributed by atoms with Crippen molar-refractivity contribution < 1.29 is 4.74 Å². The summed E-state index contributed by atoms with van der Waals surface area (Å²) in [6.45, 7) is 2.71. The predicted molar refractivity (Wildman–Crippen MR) is 111 cm³/mol. The van der Waals surface area contributed by atoms with Crippen molar-refractivity contribution in [3.05, 3.63) is 71.2 Å². The molecule has 2 aromatic heterocycles. The van der Waals surface area contributed by atoms with Crippen LogP contribution in [0.15, 0.2) is 65.6 Å². The first-order valence-corrected chi connectivity index (χ1v) is 9.53. The van der Waals surface area contributed by atoms with Crippen LogP contribution in [0.4, 0.5) is 0 Å². The van der Waals surface area contributed by atoms with Gasteiger partial charge in [0.05, 0.1) is 12.7 Å². The second-order valence-electron chi connectivity index (χ2n) is 6.56. The largest absolute Gasteiger partial charge is 0.496 e. The molecule has 0 bridgehead atoms. The van der Waals surface area contributed by atoms with Crippen LogP contribution in [0.5, 0.6) is 5.75 Å². The first kappa shape index (κ1) is 18.9. The molecule has 4 heteroatoms. The molecule has 0 amide bonds. The van der Waals surface area contributed by atoms with Crippen LogP contribution in [0.3, 0.4) is 0 Å². The molecule has 140 valence electrons. The number of nitrogens with zero attached hydrogens (tertiary/aromatic N) is 2. The Balaban J connectivity index is 2.04. The molecule has 0 radical (unpaired) electrons. The van der Waals surface area contributed by atoms with E-state index in [0.29, 0.717) is 23.5 Å². The van der Waals surface area contributed by atoms with Gasteiger partial charge in [0.15, 0.2) is 0 Å². The Hall–Kier alpha value is -2.88. The lowest BCUT2D eigenvalue weighted by atomic mass is 10.0. The normalized spacial score (nSPS) is 11.3. The zero-order chi connectivity index (χ0) is 19.1. The summed E-state index contributed by atoms with van der Waals surface area (Å²) in [4.78, 5) is 17.7. The summed E-state index contributed by atoms with van der Waals surface area (Å²) in [7, 11) is 1.62. The molecule has 0 aliphatic heterocycles. The highest BCUT2D eigenvalue weighted by atomic mass is 16.5. The summed E-state index contributed by atoms with van der Waals surface area (Å²) in [5, 5.41) is 0.942. The van der Waals surface area contributed by atoms with Crippen molar-refractivity contribution in [2.45, 2.75) is 39.2 Å². The average molecular weight is 362 g/mol. The lowest BCUT2D eigenvalue weighted by Crippen LogP contribution is -2.22. The van der Waals surface area contributed by atoms with Crippen molar-refractivity contribution in [2.75, 3.05) is 7.11 Å². The number of ether oxygens (including phenoxy) is 1. The highest BCUT2D eigenvalue weighted by Gasteiger charge is 2.14.